The monoisotopic (exact) mass is 386 g/mol. The van der Waals surface area contributed by atoms with Gasteiger partial charge in [-0.05, 0) is 37.0 Å². The van der Waals surface area contributed by atoms with Crippen LogP contribution in [0.25, 0.3) is 0 Å². The molecule has 144 valence electrons. The number of rotatable bonds is 6. The van der Waals surface area contributed by atoms with Gasteiger partial charge >= 0.3 is 5.97 Å². The number of ether oxygens (including phenoxy) is 1. The zero-order chi connectivity index (χ0) is 19.2. The molecule has 1 saturated carbocycles. The van der Waals surface area contributed by atoms with Gasteiger partial charge in [0.2, 0.25) is 0 Å². The Morgan fingerprint density at radius 1 is 1.19 bits per heavy atom. The summed E-state index contributed by atoms with van der Waals surface area (Å²) in [4.78, 5) is 31.2. The predicted molar refractivity (Wildman–Crippen MR) is 106 cm³/mol. The molecule has 0 bridgehead atoms. The minimum atomic E-state index is -0.441. The highest BCUT2D eigenvalue weighted by molar-refractivity contribution is 7.09. The molecule has 27 heavy (non-hydrogen) atoms. The Morgan fingerprint density at radius 2 is 1.89 bits per heavy atom. The summed E-state index contributed by atoms with van der Waals surface area (Å²) >= 11 is 1.40. The van der Waals surface area contributed by atoms with Gasteiger partial charge in [0.15, 0.2) is 5.69 Å². The molecule has 0 spiro atoms. The molecule has 0 unspecified atom stereocenters. The fourth-order valence-corrected chi connectivity index (χ4v) is 4.30. The summed E-state index contributed by atoms with van der Waals surface area (Å²) in [7, 11) is 1.35. The van der Waals surface area contributed by atoms with Crippen molar-refractivity contribution in [3.05, 3.63) is 51.5 Å². The van der Waals surface area contributed by atoms with Gasteiger partial charge < -0.3 is 9.64 Å². The molecule has 0 saturated heterocycles. The third-order valence-corrected chi connectivity index (χ3v) is 5.97. The lowest BCUT2D eigenvalue weighted by Crippen LogP contribution is -2.41. The van der Waals surface area contributed by atoms with Crippen LogP contribution in [-0.2, 0) is 17.7 Å². The molecule has 0 N–H and O–H groups in total. The molecule has 3 rings (SSSR count). The number of carbonyl (C=O) groups is 2. The van der Waals surface area contributed by atoms with Gasteiger partial charge in [-0.15, -0.1) is 11.3 Å². The van der Waals surface area contributed by atoms with Crippen LogP contribution >= 0.6 is 11.3 Å². The molecule has 1 aromatic heterocycles. The Morgan fingerprint density at radius 3 is 2.52 bits per heavy atom. The lowest BCUT2D eigenvalue weighted by molar-refractivity contribution is 0.0594. The summed E-state index contributed by atoms with van der Waals surface area (Å²) in [6, 6.07) is 8.09. The van der Waals surface area contributed by atoms with Gasteiger partial charge in [0.1, 0.15) is 5.01 Å². The van der Waals surface area contributed by atoms with Crippen molar-refractivity contribution in [2.24, 2.45) is 0 Å². The zero-order valence-electron chi connectivity index (χ0n) is 15.9. The Labute approximate surface area is 164 Å². The van der Waals surface area contributed by atoms with Gasteiger partial charge in [-0.2, -0.15) is 0 Å². The third kappa shape index (κ3) is 4.75. The maximum absolute atomic E-state index is 13.3. The van der Waals surface area contributed by atoms with Gasteiger partial charge in [-0.3, -0.25) is 4.79 Å². The van der Waals surface area contributed by atoms with Crippen molar-refractivity contribution >= 4 is 23.2 Å². The number of aryl methyl sites for hydroxylation is 1. The van der Waals surface area contributed by atoms with E-state index in [4.69, 9.17) is 4.74 Å². The SMILES string of the molecule is CCc1ccc(C(=O)N(Cc2nc(C(=O)OC)cs2)C2CCCCC2)cc1. The lowest BCUT2D eigenvalue weighted by atomic mass is 9.93. The molecule has 1 amide bonds. The van der Waals surface area contributed by atoms with Crippen LogP contribution in [-0.4, -0.2) is 34.9 Å². The zero-order valence-corrected chi connectivity index (χ0v) is 16.8. The fourth-order valence-electron chi connectivity index (χ4n) is 3.54. The van der Waals surface area contributed by atoms with Crippen molar-refractivity contribution in [3.63, 3.8) is 0 Å². The van der Waals surface area contributed by atoms with Crippen LogP contribution in [0.3, 0.4) is 0 Å². The van der Waals surface area contributed by atoms with Gasteiger partial charge in [-0.1, -0.05) is 38.3 Å². The quantitative estimate of drug-likeness (QED) is 0.688. The lowest BCUT2D eigenvalue weighted by Gasteiger charge is -2.34. The summed E-state index contributed by atoms with van der Waals surface area (Å²) in [5, 5.41) is 2.46. The predicted octanol–water partition coefficient (Wildman–Crippen LogP) is 4.47. The Kier molecular flexibility index (Phi) is 6.61. The molecule has 0 atom stereocenters. The van der Waals surface area contributed by atoms with Crippen molar-refractivity contribution in [1.82, 2.24) is 9.88 Å². The minimum absolute atomic E-state index is 0.0411. The standard InChI is InChI=1S/C21H26N2O3S/c1-3-15-9-11-16(12-10-15)20(24)23(17-7-5-4-6-8-17)13-19-22-18(14-27-19)21(25)26-2/h9-12,14,17H,3-8,13H2,1-2H3. The number of nitrogens with zero attached hydrogens (tertiary/aromatic N) is 2. The normalized spacial score (nSPS) is 14.7. The van der Waals surface area contributed by atoms with Crippen molar-refractivity contribution in [2.75, 3.05) is 7.11 Å². The maximum Gasteiger partial charge on any atom is 0.357 e. The summed E-state index contributed by atoms with van der Waals surface area (Å²) in [5.41, 5.74) is 2.24. The number of esters is 1. The second kappa shape index (κ2) is 9.13. The van der Waals surface area contributed by atoms with Gasteiger partial charge in [0.05, 0.1) is 13.7 Å². The molecule has 5 nitrogen and oxygen atoms in total. The van der Waals surface area contributed by atoms with Crippen LogP contribution in [0.1, 0.15) is 70.4 Å². The average molecular weight is 387 g/mol. The number of hydrogen-bond donors (Lipinski definition) is 0. The largest absolute Gasteiger partial charge is 0.464 e. The Balaban J connectivity index is 1.82. The fraction of sp³-hybridized carbons (Fsp3) is 0.476. The number of thiazole rings is 1. The molecule has 0 radical (unpaired) electrons. The van der Waals surface area contributed by atoms with Crippen LogP contribution in [0.5, 0.6) is 0 Å². The van der Waals surface area contributed by atoms with Crippen LogP contribution in [0.15, 0.2) is 29.6 Å². The average Bonchev–Trinajstić information content (AvgIpc) is 3.20. The first-order chi connectivity index (χ1) is 13.1. The van der Waals surface area contributed by atoms with Crippen molar-refractivity contribution in [1.29, 1.82) is 0 Å². The van der Waals surface area contributed by atoms with E-state index in [2.05, 4.69) is 11.9 Å². The van der Waals surface area contributed by atoms with Crippen molar-refractivity contribution in [2.45, 2.75) is 58.0 Å². The molecule has 1 aliphatic carbocycles. The molecule has 0 aliphatic heterocycles. The van der Waals surface area contributed by atoms with Gasteiger partial charge in [0, 0.05) is 17.0 Å². The number of methoxy groups -OCH3 is 1. The van der Waals surface area contributed by atoms with E-state index < -0.39 is 5.97 Å². The van der Waals surface area contributed by atoms with E-state index in [9.17, 15) is 9.59 Å². The second-order valence-electron chi connectivity index (χ2n) is 6.89. The molecule has 1 aliphatic rings. The van der Waals surface area contributed by atoms with Crippen LogP contribution in [0.2, 0.25) is 0 Å². The number of benzene rings is 1. The van der Waals surface area contributed by atoms with Crippen LogP contribution in [0, 0.1) is 0 Å². The molecule has 1 aromatic carbocycles. The van der Waals surface area contributed by atoms with Crippen molar-refractivity contribution in [3.8, 4) is 0 Å². The molecular formula is C21H26N2O3S. The van der Waals surface area contributed by atoms with Crippen molar-refractivity contribution < 1.29 is 14.3 Å². The summed E-state index contributed by atoms with van der Waals surface area (Å²) in [6.45, 7) is 2.53. The number of amides is 1. The van der Waals surface area contributed by atoms with E-state index in [-0.39, 0.29) is 11.9 Å². The van der Waals surface area contributed by atoms with Gasteiger partial charge in [-0.25, -0.2) is 9.78 Å². The Bertz CT molecular complexity index is 779. The summed E-state index contributed by atoms with van der Waals surface area (Å²) in [5.74, 6) is -0.400. The number of carbonyl (C=O) groups excluding carboxylic acids is 2. The first-order valence-corrected chi connectivity index (χ1v) is 10.4. The van der Waals surface area contributed by atoms with Crippen LogP contribution in [0.4, 0.5) is 0 Å². The topological polar surface area (TPSA) is 59.5 Å². The van der Waals surface area contributed by atoms with Gasteiger partial charge in [0.25, 0.3) is 5.91 Å². The maximum atomic E-state index is 13.3. The molecule has 1 fully saturated rings. The molecular weight excluding hydrogens is 360 g/mol. The highest BCUT2D eigenvalue weighted by Crippen LogP contribution is 2.26. The molecule has 2 aromatic rings. The van der Waals surface area contributed by atoms with E-state index >= 15 is 0 Å². The number of aromatic nitrogens is 1. The first-order valence-electron chi connectivity index (χ1n) is 9.55. The van der Waals surface area contributed by atoms with E-state index in [1.807, 2.05) is 29.2 Å². The Hall–Kier alpha value is -2.21. The highest BCUT2D eigenvalue weighted by Gasteiger charge is 2.27. The smallest absolute Gasteiger partial charge is 0.357 e. The third-order valence-electron chi connectivity index (χ3n) is 5.14. The first kappa shape index (κ1) is 19.5. The number of hydrogen-bond acceptors (Lipinski definition) is 5. The minimum Gasteiger partial charge on any atom is -0.464 e. The van der Waals surface area contributed by atoms with E-state index in [1.165, 1.54) is 30.4 Å². The summed E-state index contributed by atoms with van der Waals surface area (Å²) in [6.07, 6.45) is 6.52. The van der Waals surface area contributed by atoms with E-state index in [0.29, 0.717) is 17.8 Å². The van der Waals surface area contributed by atoms with E-state index in [0.717, 1.165) is 37.1 Å². The molecule has 1 heterocycles. The summed E-state index contributed by atoms with van der Waals surface area (Å²) < 4.78 is 4.73. The second-order valence-corrected chi connectivity index (χ2v) is 7.84. The highest BCUT2D eigenvalue weighted by atomic mass is 32.1. The van der Waals surface area contributed by atoms with Crippen LogP contribution < -0.4 is 0 Å². The molecule has 6 heteroatoms. The van der Waals surface area contributed by atoms with E-state index in [1.54, 1.807) is 5.38 Å².